The number of hydrogen-bond acceptors (Lipinski definition) is 4. The molecule has 1 rings (SSSR count). The van der Waals surface area contributed by atoms with Crippen molar-refractivity contribution in [3.05, 3.63) is 29.8 Å². The van der Waals surface area contributed by atoms with Gasteiger partial charge in [0, 0.05) is 24.2 Å². The maximum absolute atomic E-state index is 11.8. The topological polar surface area (TPSA) is 67.6 Å². The first-order chi connectivity index (χ1) is 9.36. The van der Waals surface area contributed by atoms with Crippen molar-refractivity contribution in [3.63, 3.8) is 0 Å². The molecular weight excluding hydrogens is 254 g/mol. The van der Waals surface area contributed by atoms with Gasteiger partial charge in [-0.25, -0.2) is 0 Å². The van der Waals surface area contributed by atoms with E-state index in [4.69, 9.17) is 10.5 Å². The van der Waals surface area contributed by atoms with E-state index in [2.05, 4.69) is 24.1 Å². The molecule has 0 bridgehead atoms. The predicted molar refractivity (Wildman–Crippen MR) is 80.6 cm³/mol. The maximum atomic E-state index is 11.8. The first-order valence-electron chi connectivity index (χ1n) is 6.71. The molecule has 0 aromatic heterocycles. The molecule has 1 aromatic carbocycles. The lowest BCUT2D eigenvalue weighted by Gasteiger charge is -2.32. The lowest BCUT2D eigenvalue weighted by Crippen LogP contribution is -2.48. The van der Waals surface area contributed by atoms with E-state index < -0.39 is 0 Å². The lowest BCUT2D eigenvalue weighted by atomic mass is 10.0. The monoisotopic (exact) mass is 279 g/mol. The number of amides is 1. The molecule has 5 nitrogen and oxygen atoms in total. The fourth-order valence-electron chi connectivity index (χ4n) is 1.48. The maximum Gasteiger partial charge on any atom is 0.258 e. The number of likely N-dealkylation sites (N-methyl/N-ethyl adjacent to an activating group) is 1. The first-order valence-corrected chi connectivity index (χ1v) is 6.71. The van der Waals surface area contributed by atoms with Crippen molar-refractivity contribution in [2.24, 2.45) is 5.73 Å². The van der Waals surface area contributed by atoms with E-state index in [1.807, 2.05) is 38.4 Å². The van der Waals surface area contributed by atoms with Gasteiger partial charge in [-0.05, 0) is 34.0 Å². The summed E-state index contributed by atoms with van der Waals surface area (Å²) in [5, 5.41) is 2.88. The summed E-state index contributed by atoms with van der Waals surface area (Å²) in [5.74, 6) is 0.531. The molecule has 0 spiro atoms. The second-order valence-corrected chi connectivity index (χ2v) is 5.58. The Morgan fingerprint density at radius 2 is 2.00 bits per heavy atom. The van der Waals surface area contributed by atoms with Crippen molar-refractivity contribution in [1.29, 1.82) is 0 Å². The number of para-hydroxylation sites is 1. The molecule has 0 fully saturated rings. The van der Waals surface area contributed by atoms with Crippen molar-refractivity contribution in [1.82, 2.24) is 10.2 Å². The number of benzene rings is 1. The molecule has 0 aliphatic heterocycles. The number of hydrogen-bond donors (Lipinski definition) is 2. The summed E-state index contributed by atoms with van der Waals surface area (Å²) in [4.78, 5) is 13.9. The Morgan fingerprint density at radius 3 is 2.60 bits per heavy atom. The Morgan fingerprint density at radius 1 is 1.35 bits per heavy atom. The summed E-state index contributed by atoms with van der Waals surface area (Å²) in [6.07, 6.45) is 0. The fraction of sp³-hybridized carbons (Fsp3) is 0.533. The minimum absolute atomic E-state index is 0.000518. The highest BCUT2D eigenvalue weighted by atomic mass is 16.5. The van der Waals surface area contributed by atoms with Crippen molar-refractivity contribution in [3.8, 4) is 5.75 Å². The zero-order chi connectivity index (χ0) is 15.2. The van der Waals surface area contributed by atoms with Crippen LogP contribution in [0.2, 0.25) is 0 Å². The van der Waals surface area contributed by atoms with Crippen molar-refractivity contribution in [2.45, 2.75) is 25.9 Å². The van der Waals surface area contributed by atoms with Gasteiger partial charge in [0.15, 0.2) is 6.61 Å². The van der Waals surface area contributed by atoms with Crippen molar-refractivity contribution < 1.29 is 9.53 Å². The second-order valence-electron chi connectivity index (χ2n) is 5.58. The van der Waals surface area contributed by atoms with Gasteiger partial charge in [-0.15, -0.1) is 0 Å². The molecule has 3 N–H and O–H groups in total. The zero-order valence-corrected chi connectivity index (χ0v) is 12.8. The van der Waals surface area contributed by atoms with E-state index in [0.29, 0.717) is 18.8 Å². The highest BCUT2D eigenvalue weighted by Crippen LogP contribution is 2.16. The van der Waals surface area contributed by atoms with Gasteiger partial charge in [0.05, 0.1) is 0 Å². The number of nitrogens with one attached hydrogen (secondary N) is 1. The summed E-state index contributed by atoms with van der Waals surface area (Å²) in [6, 6.07) is 7.47. The predicted octanol–water partition coefficient (Wildman–Crippen LogP) is 0.980. The molecule has 112 valence electrons. The van der Waals surface area contributed by atoms with Gasteiger partial charge in [-0.1, -0.05) is 18.2 Å². The number of nitrogens with two attached hydrogens (primary N) is 1. The van der Waals surface area contributed by atoms with Crippen LogP contribution in [0.15, 0.2) is 24.3 Å². The van der Waals surface area contributed by atoms with E-state index in [0.717, 1.165) is 5.56 Å². The van der Waals surface area contributed by atoms with E-state index in [9.17, 15) is 4.79 Å². The van der Waals surface area contributed by atoms with Gasteiger partial charge < -0.3 is 20.7 Å². The minimum Gasteiger partial charge on any atom is -0.483 e. The molecular formula is C15H25N3O2. The summed E-state index contributed by atoms with van der Waals surface area (Å²) in [5.41, 5.74) is 6.42. The third-order valence-electron chi connectivity index (χ3n) is 3.48. The third-order valence-corrected chi connectivity index (χ3v) is 3.48. The molecule has 0 aliphatic carbocycles. The summed E-state index contributed by atoms with van der Waals surface area (Å²) in [6.45, 7) is 5.10. The van der Waals surface area contributed by atoms with E-state index >= 15 is 0 Å². The molecule has 0 aliphatic rings. The molecule has 0 unspecified atom stereocenters. The molecule has 1 amide bonds. The van der Waals surface area contributed by atoms with Gasteiger partial charge in [-0.3, -0.25) is 4.79 Å². The second kappa shape index (κ2) is 7.26. The van der Waals surface area contributed by atoms with Crippen LogP contribution in [-0.4, -0.2) is 43.6 Å². The van der Waals surface area contributed by atoms with Crippen LogP contribution in [0.25, 0.3) is 0 Å². The minimum atomic E-state index is -0.133. The smallest absolute Gasteiger partial charge is 0.258 e. The van der Waals surface area contributed by atoms with Crippen LogP contribution in [0.5, 0.6) is 5.75 Å². The first kappa shape index (κ1) is 16.5. The van der Waals surface area contributed by atoms with Crippen LogP contribution in [0, 0.1) is 0 Å². The quantitative estimate of drug-likeness (QED) is 0.781. The molecule has 0 atom stereocenters. The number of rotatable bonds is 7. The Labute approximate surface area is 121 Å². The van der Waals surface area contributed by atoms with E-state index in [1.165, 1.54) is 0 Å². The highest BCUT2D eigenvalue weighted by molar-refractivity contribution is 5.77. The lowest BCUT2D eigenvalue weighted by molar-refractivity contribution is -0.123. The largest absolute Gasteiger partial charge is 0.483 e. The average molecular weight is 279 g/mol. The van der Waals surface area contributed by atoms with Crippen molar-refractivity contribution >= 4 is 5.91 Å². The average Bonchev–Trinajstić information content (AvgIpc) is 2.43. The number of carbonyl (C=O) groups excluding carboxylic acids is 1. The van der Waals surface area contributed by atoms with Gasteiger partial charge >= 0.3 is 0 Å². The summed E-state index contributed by atoms with van der Waals surface area (Å²) in [7, 11) is 3.97. The van der Waals surface area contributed by atoms with Crippen LogP contribution >= 0.6 is 0 Å². The van der Waals surface area contributed by atoms with E-state index in [-0.39, 0.29) is 18.1 Å². The van der Waals surface area contributed by atoms with Gasteiger partial charge in [0.25, 0.3) is 5.91 Å². The van der Waals surface area contributed by atoms with Gasteiger partial charge in [-0.2, -0.15) is 0 Å². The third kappa shape index (κ3) is 4.83. The Bertz CT molecular complexity index is 444. The number of nitrogens with zero attached hydrogens (tertiary/aromatic N) is 1. The fourth-order valence-corrected chi connectivity index (χ4v) is 1.48. The zero-order valence-electron chi connectivity index (χ0n) is 12.8. The molecule has 0 saturated heterocycles. The normalized spacial score (nSPS) is 11.5. The van der Waals surface area contributed by atoms with Gasteiger partial charge in [0.1, 0.15) is 5.75 Å². The van der Waals surface area contributed by atoms with Gasteiger partial charge in [0.2, 0.25) is 0 Å². The molecule has 0 heterocycles. The summed E-state index contributed by atoms with van der Waals surface area (Å²) < 4.78 is 5.51. The van der Waals surface area contributed by atoms with Crippen LogP contribution in [-0.2, 0) is 11.3 Å². The highest BCUT2D eigenvalue weighted by Gasteiger charge is 2.21. The molecule has 5 heteroatoms. The van der Waals surface area contributed by atoms with Crippen LogP contribution in [0.3, 0.4) is 0 Å². The van der Waals surface area contributed by atoms with Crippen LogP contribution in [0.1, 0.15) is 19.4 Å². The molecule has 20 heavy (non-hydrogen) atoms. The number of carbonyl (C=O) groups is 1. The summed E-state index contributed by atoms with van der Waals surface area (Å²) >= 11 is 0. The molecule has 1 aromatic rings. The number of ether oxygens (including phenoxy) is 1. The van der Waals surface area contributed by atoms with Crippen LogP contribution in [0.4, 0.5) is 0 Å². The van der Waals surface area contributed by atoms with E-state index in [1.54, 1.807) is 0 Å². The Hall–Kier alpha value is -1.59. The van der Waals surface area contributed by atoms with Crippen molar-refractivity contribution in [2.75, 3.05) is 27.2 Å². The Kier molecular flexibility index (Phi) is 5.98. The molecule has 0 saturated carbocycles. The Balaban J connectivity index is 2.44. The SMILES string of the molecule is CN(C)C(C)(C)CNC(=O)COc1ccccc1CN. The molecule has 0 radical (unpaired) electrons. The van der Waals surface area contributed by atoms with Crippen LogP contribution < -0.4 is 15.8 Å². The standard InChI is InChI=1S/C15H25N3O2/c1-15(2,18(3)4)11-17-14(19)10-20-13-8-6-5-7-12(13)9-16/h5-8H,9-11,16H2,1-4H3,(H,17,19).